The van der Waals surface area contributed by atoms with Crippen LogP contribution in [0.1, 0.15) is 0 Å². The fourth-order valence-corrected chi connectivity index (χ4v) is 2.05. The van der Waals surface area contributed by atoms with Crippen LogP contribution in [0.15, 0.2) is 34.8 Å². The summed E-state index contributed by atoms with van der Waals surface area (Å²) in [6, 6.07) is 9.19. The zero-order valence-corrected chi connectivity index (χ0v) is 12.1. The number of halogens is 3. The highest BCUT2D eigenvalue weighted by Gasteiger charge is 2.08. The van der Waals surface area contributed by atoms with E-state index in [1.165, 1.54) is 0 Å². The lowest BCUT2D eigenvalue weighted by Crippen LogP contribution is -2.10. The van der Waals surface area contributed by atoms with Gasteiger partial charge < -0.3 is 10.7 Å². The molecule has 0 aliphatic heterocycles. The summed E-state index contributed by atoms with van der Waals surface area (Å²) in [5, 5.41) is 3.87. The standard InChI is InChI=1S/C11H9BrCl2N4/c12-6-1-3-7(4-2-6)16-10-8(13)5-9(14)11(17-10)18-15/h1-5H,15H2,(H2,16,17,18). The highest BCUT2D eigenvalue weighted by atomic mass is 79.9. The van der Waals surface area contributed by atoms with E-state index in [1.54, 1.807) is 6.07 Å². The van der Waals surface area contributed by atoms with Gasteiger partial charge in [0.1, 0.15) is 0 Å². The van der Waals surface area contributed by atoms with Gasteiger partial charge in [-0.25, -0.2) is 10.8 Å². The molecule has 2 aromatic rings. The lowest BCUT2D eigenvalue weighted by Gasteiger charge is -2.10. The molecule has 4 N–H and O–H groups in total. The molecule has 0 aliphatic rings. The summed E-state index contributed by atoms with van der Waals surface area (Å²) in [7, 11) is 0. The van der Waals surface area contributed by atoms with E-state index in [0.29, 0.717) is 21.7 Å². The fraction of sp³-hybridized carbons (Fsp3) is 0. The van der Waals surface area contributed by atoms with Gasteiger partial charge in [0.15, 0.2) is 11.6 Å². The molecule has 1 heterocycles. The van der Waals surface area contributed by atoms with Crippen molar-refractivity contribution in [1.29, 1.82) is 0 Å². The Morgan fingerprint density at radius 1 is 1.06 bits per heavy atom. The lowest BCUT2D eigenvalue weighted by atomic mass is 10.3. The summed E-state index contributed by atoms with van der Waals surface area (Å²) in [6.45, 7) is 0. The predicted octanol–water partition coefficient (Wildman–Crippen LogP) is 4.18. The highest BCUT2D eigenvalue weighted by molar-refractivity contribution is 9.10. The minimum atomic E-state index is 0.362. The molecule has 94 valence electrons. The Morgan fingerprint density at radius 3 is 2.28 bits per heavy atom. The van der Waals surface area contributed by atoms with Crippen LogP contribution < -0.4 is 16.6 Å². The first-order valence-corrected chi connectivity index (χ1v) is 6.50. The Bertz CT molecular complexity index is 560. The summed E-state index contributed by atoms with van der Waals surface area (Å²) in [5.41, 5.74) is 3.27. The second-order valence-corrected chi connectivity index (χ2v) is 5.16. The van der Waals surface area contributed by atoms with Crippen molar-refractivity contribution in [1.82, 2.24) is 4.98 Å². The molecule has 0 spiro atoms. The van der Waals surface area contributed by atoms with Gasteiger partial charge in [-0.2, -0.15) is 0 Å². The number of pyridine rings is 1. The van der Waals surface area contributed by atoms with Crippen LogP contribution in [0.4, 0.5) is 17.3 Å². The van der Waals surface area contributed by atoms with Crippen LogP contribution in [0, 0.1) is 0 Å². The predicted molar refractivity (Wildman–Crippen MR) is 79.5 cm³/mol. The molecule has 2 rings (SSSR count). The average Bonchev–Trinajstić information content (AvgIpc) is 2.35. The van der Waals surface area contributed by atoms with Crippen molar-refractivity contribution >= 4 is 56.5 Å². The molecule has 0 unspecified atom stereocenters. The Kier molecular flexibility index (Phi) is 4.29. The Balaban J connectivity index is 2.31. The topological polar surface area (TPSA) is 63.0 Å². The SMILES string of the molecule is NNc1nc(Nc2ccc(Br)cc2)c(Cl)cc1Cl. The number of anilines is 3. The third kappa shape index (κ3) is 3.05. The van der Waals surface area contributed by atoms with E-state index < -0.39 is 0 Å². The van der Waals surface area contributed by atoms with Gasteiger partial charge in [-0.3, -0.25) is 0 Å². The monoisotopic (exact) mass is 346 g/mol. The van der Waals surface area contributed by atoms with E-state index in [1.807, 2.05) is 24.3 Å². The molecule has 0 fully saturated rings. The molecule has 0 aliphatic carbocycles. The minimum absolute atomic E-state index is 0.362. The number of nitrogens with two attached hydrogens (primary N) is 1. The summed E-state index contributed by atoms with van der Waals surface area (Å²) < 4.78 is 0.993. The summed E-state index contributed by atoms with van der Waals surface area (Å²) in [6.07, 6.45) is 0. The van der Waals surface area contributed by atoms with Gasteiger partial charge in [-0.1, -0.05) is 39.1 Å². The van der Waals surface area contributed by atoms with Crippen LogP contribution in [0.3, 0.4) is 0 Å². The normalized spacial score (nSPS) is 10.2. The number of nitrogens with zero attached hydrogens (tertiary/aromatic N) is 1. The number of benzene rings is 1. The van der Waals surface area contributed by atoms with E-state index in [0.717, 1.165) is 10.2 Å². The highest BCUT2D eigenvalue weighted by Crippen LogP contribution is 2.30. The molecule has 7 heteroatoms. The Morgan fingerprint density at radius 2 is 1.67 bits per heavy atom. The summed E-state index contributed by atoms with van der Waals surface area (Å²) in [4.78, 5) is 4.19. The van der Waals surface area contributed by atoms with Gasteiger partial charge in [0.2, 0.25) is 0 Å². The first kappa shape index (κ1) is 13.4. The maximum absolute atomic E-state index is 6.05. The van der Waals surface area contributed by atoms with Crippen LogP contribution in [-0.4, -0.2) is 4.98 Å². The first-order valence-electron chi connectivity index (χ1n) is 4.95. The number of rotatable bonds is 3. The van der Waals surface area contributed by atoms with Crippen LogP contribution in [-0.2, 0) is 0 Å². The van der Waals surface area contributed by atoms with E-state index in [4.69, 9.17) is 29.0 Å². The van der Waals surface area contributed by atoms with Gasteiger partial charge >= 0.3 is 0 Å². The molecule has 0 bridgehead atoms. The van der Waals surface area contributed by atoms with E-state index in [-0.39, 0.29) is 0 Å². The molecule has 0 radical (unpaired) electrons. The number of hydrazine groups is 1. The lowest BCUT2D eigenvalue weighted by molar-refractivity contribution is 1.22. The molecule has 0 saturated carbocycles. The Labute approximate surface area is 123 Å². The number of hydrogen-bond acceptors (Lipinski definition) is 4. The van der Waals surface area contributed by atoms with E-state index >= 15 is 0 Å². The summed E-state index contributed by atoms with van der Waals surface area (Å²) in [5.74, 6) is 6.15. The zero-order chi connectivity index (χ0) is 13.1. The molecule has 0 saturated heterocycles. The molecule has 1 aromatic heterocycles. The van der Waals surface area contributed by atoms with Gasteiger partial charge in [0, 0.05) is 10.2 Å². The molecule has 0 atom stereocenters. The van der Waals surface area contributed by atoms with E-state index in [9.17, 15) is 0 Å². The van der Waals surface area contributed by atoms with Crippen LogP contribution in [0.25, 0.3) is 0 Å². The quantitative estimate of drug-likeness (QED) is 0.575. The molecular weight excluding hydrogens is 339 g/mol. The van der Waals surface area contributed by atoms with Gasteiger partial charge in [-0.05, 0) is 30.3 Å². The van der Waals surface area contributed by atoms with Crippen LogP contribution in [0.2, 0.25) is 10.0 Å². The number of nitrogens with one attached hydrogen (secondary N) is 2. The number of hydrogen-bond donors (Lipinski definition) is 3. The second-order valence-electron chi connectivity index (χ2n) is 3.43. The van der Waals surface area contributed by atoms with Crippen molar-refractivity contribution in [3.63, 3.8) is 0 Å². The largest absolute Gasteiger partial charge is 0.339 e. The molecular formula is C11H9BrCl2N4. The molecule has 1 aromatic carbocycles. The van der Waals surface area contributed by atoms with Crippen LogP contribution >= 0.6 is 39.1 Å². The molecule has 0 amide bonds. The van der Waals surface area contributed by atoms with Gasteiger partial charge in [0.05, 0.1) is 10.0 Å². The van der Waals surface area contributed by atoms with Crippen molar-refractivity contribution in [3.05, 3.63) is 44.8 Å². The maximum atomic E-state index is 6.05. The van der Waals surface area contributed by atoms with Crippen LogP contribution in [0.5, 0.6) is 0 Å². The minimum Gasteiger partial charge on any atom is -0.339 e. The second kappa shape index (κ2) is 5.75. The van der Waals surface area contributed by atoms with Crippen molar-refractivity contribution in [2.75, 3.05) is 10.7 Å². The number of aromatic nitrogens is 1. The fourth-order valence-electron chi connectivity index (χ4n) is 1.33. The first-order chi connectivity index (χ1) is 8.60. The smallest absolute Gasteiger partial charge is 0.161 e. The average molecular weight is 348 g/mol. The Hall–Kier alpha value is -1.01. The zero-order valence-electron chi connectivity index (χ0n) is 9.05. The van der Waals surface area contributed by atoms with Crippen molar-refractivity contribution in [2.24, 2.45) is 5.84 Å². The third-order valence-corrected chi connectivity index (χ3v) is 3.28. The van der Waals surface area contributed by atoms with Gasteiger partial charge in [0.25, 0.3) is 0 Å². The molecule has 18 heavy (non-hydrogen) atoms. The third-order valence-electron chi connectivity index (χ3n) is 2.17. The van der Waals surface area contributed by atoms with Crippen molar-refractivity contribution in [2.45, 2.75) is 0 Å². The van der Waals surface area contributed by atoms with Gasteiger partial charge in [-0.15, -0.1) is 0 Å². The summed E-state index contributed by atoms with van der Waals surface area (Å²) >= 11 is 15.3. The van der Waals surface area contributed by atoms with E-state index in [2.05, 4.69) is 31.7 Å². The van der Waals surface area contributed by atoms with Crippen molar-refractivity contribution in [3.8, 4) is 0 Å². The number of nitrogen functional groups attached to an aromatic ring is 1. The molecule has 4 nitrogen and oxygen atoms in total. The van der Waals surface area contributed by atoms with Crippen molar-refractivity contribution < 1.29 is 0 Å². The maximum Gasteiger partial charge on any atom is 0.161 e.